The van der Waals surface area contributed by atoms with E-state index in [0.29, 0.717) is 19.4 Å². The molecule has 0 radical (unpaired) electrons. The molecule has 6 heteroatoms. The number of primary amides is 1. The first-order valence-corrected chi connectivity index (χ1v) is 8.55. The summed E-state index contributed by atoms with van der Waals surface area (Å²) in [7, 11) is 0. The number of aromatic nitrogens is 2. The van der Waals surface area contributed by atoms with Gasteiger partial charge in [0.1, 0.15) is 6.04 Å². The molecule has 25 heavy (non-hydrogen) atoms. The van der Waals surface area contributed by atoms with E-state index in [1.165, 1.54) is 0 Å². The number of rotatable bonds is 9. The third-order valence-corrected chi connectivity index (χ3v) is 4.05. The molecular formula is C19H26N4O2. The molecule has 1 unspecified atom stereocenters. The number of amides is 2. The molecule has 0 aliphatic rings. The van der Waals surface area contributed by atoms with Gasteiger partial charge in [0.15, 0.2) is 0 Å². The van der Waals surface area contributed by atoms with Crippen molar-refractivity contribution in [2.75, 3.05) is 0 Å². The Kier molecular flexibility index (Phi) is 6.74. The zero-order valence-electron chi connectivity index (χ0n) is 14.8. The minimum absolute atomic E-state index is 0.165. The number of hydrogen-bond acceptors (Lipinski definition) is 3. The van der Waals surface area contributed by atoms with Crippen molar-refractivity contribution in [2.45, 2.75) is 39.3 Å². The van der Waals surface area contributed by atoms with Crippen LogP contribution in [0.1, 0.15) is 25.8 Å². The summed E-state index contributed by atoms with van der Waals surface area (Å²) in [6.45, 7) is 4.48. The van der Waals surface area contributed by atoms with E-state index >= 15 is 0 Å². The van der Waals surface area contributed by atoms with Crippen LogP contribution in [-0.2, 0) is 22.6 Å². The average Bonchev–Trinajstić information content (AvgIpc) is 3.07. The van der Waals surface area contributed by atoms with Gasteiger partial charge < -0.3 is 15.6 Å². The van der Waals surface area contributed by atoms with Crippen LogP contribution in [0.2, 0.25) is 0 Å². The molecule has 0 saturated carbocycles. The molecule has 0 aliphatic heterocycles. The molecular weight excluding hydrogens is 316 g/mol. The number of benzene rings is 1. The first kappa shape index (κ1) is 18.7. The molecule has 2 atom stereocenters. The van der Waals surface area contributed by atoms with Gasteiger partial charge in [-0.15, -0.1) is 0 Å². The van der Waals surface area contributed by atoms with E-state index in [9.17, 15) is 9.59 Å². The summed E-state index contributed by atoms with van der Waals surface area (Å²) in [5.41, 5.74) is 6.52. The second-order valence-electron chi connectivity index (χ2n) is 6.74. The first-order valence-electron chi connectivity index (χ1n) is 8.55. The number of nitrogens with one attached hydrogen (secondary N) is 1. The van der Waals surface area contributed by atoms with Crippen LogP contribution in [0.5, 0.6) is 0 Å². The van der Waals surface area contributed by atoms with Crippen molar-refractivity contribution in [1.29, 1.82) is 0 Å². The van der Waals surface area contributed by atoms with Crippen LogP contribution in [0, 0.1) is 11.8 Å². The second kappa shape index (κ2) is 9.01. The highest BCUT2D eigenvalue weighted by Crippen LogP contribution is 2.13. The fraction of sp³-hybridized carbons (Fsp3) is 0.421. The standard InChI is InChI=1S/C19H26N4O2/c1-14(2)10-17(18(20)24)22-19(25)16(12-23-9-8-21-13-23)11-15-6-4-3-5-7-15/h3-9,13-14,16-17H,10-12H2,1-2H3,(H2,20,24)(H,22,25)/t16?,17-/m1/s1. The number of carbonyl (C=O) groups excluding carboxylic acids is 2. The largest absolute Gasteiger partial charge is 0.368 e. The molecule has 3 N–H and O–H groups in total. The molecule has 6 nitrogen and oxygen atoms in total. The molecule has 0 fully saturated rings. The predicted molar refractivity (Wildman–Crippen MR) is 96.4 cm³/mol. The first-order chi connectivity index (χ1) is 12.0. The lowest BCUT2D eigenvalue weighted by molar-refractivity contribution is -0.130. The van der Waals surface area contributed by atoms with Crippen LogP contribution < -0.4 is 11.1 Å². The van der Waals surface area contributed by atoms with E-state index < -0.39 is 11.9 Å². The van der Waals surface area contributed by atoms with Gasteiger partial charge in [0.05, 0.1) is 12.2 Å². The maximum atomic E-state index is 12.8. The van der Waals surface area contributed by atoms with E-state index in [0.717, 1.165) is 5.56 Å². The van der Waals surface area contributed by atoms with E-state index in [1.807, 2.05) is 54.9 Å². The number of hydrogen-bond donors (Lipinski definition) is 2. The minimum Gasteiger partial charge on any atom is -0.368 e. The highest BCUT2D eigenvalue weighted by molar-refractivity contribution is 5.87. The van der Waals surface area contributed by atoms with Gasteiger partial charge in [0.2, 0.25) is 11.8 Å². The van der Waals surface area contributed by atoms with Crippen LogP contribution in [0.25, 0.3) is 0 Å². The maximum absolute atomic E-state index is 12.8. The molecule has 1 aromatic heterocycles. The minimum atomic E-state index is -0.645. The third-order valence-electron chi connectivity index (χ3n) is 4.05. The Labute approximate surface area is 148 Å². The summed E-state index contributed by atoms with van der Waals surface area (Å²) in [6.07, 6.45) is 6.31. The van der Waals surface area contributed by atoms with Crippen LogP contribution in [0.3, 0.4) is 0 Å². The van der Waals surface area contributed by atoms with Crippen molar-refractivity contribution in [3.8, 4) is 0 Å². The summed E-state index contributed by atoms with van der Waals surface area (Å²) < 4.78 is 1.87. The molecule has 2 aromatic rings. The normalized spacial score (nSPS) is 13.4. The highest BCUT2D eigenvalue weighted by Gasteiger charge is 2.25. The van der Waals surface area contributed by atoms with Crippen molar-refractivity contribution in [2.24, 2.45) is 17.6 Å². The van der Waals surface area contributed by atoms with Gasteiger partial charge in [-0.05, 0) is 24.3 Å². The van der Waals surface area contributed by atoms with Gasteiger partial charge in [0, 0.05) is 18.9 Å². The molecule has 2 amide bonds. The lowest BCUT2D eigenvalue weighted by Gasteiger charge is -2.22. The van der Waals surface area contributed by atoms with Crippen LogP contribution in [0.4, 0.5) is 0 Å². The van der Waals surface area contributed by atoms with Crippen LogP contribution in [-0.4, -0.2) is 27.4 Å². The van der Waals surface area contributed by atoms with Crippen molar-refractivity contribution >= 4 is 11.8 Å². The van der Waals surface area contributed by atoms with Crippen molar-refractivity contribution in [1.82, 2.24) is 14.9 Å². The Bertz CT molecular complexity index is 668. The molecule has 0 aliphatic carbocycles. The fourth-order valence-electron chi connectivity index (χ4n) is 2.80. The molecule has 2 rings (SSSR count). The van der Waals surface area contributed by atoms with Crippen molar-refractivity contribution in [3.05, 3.63) is 54.6 Å². The Morgan fingerprint density at radius 1 is 1.24 bits per heavy atom. The highest BCUT2D eigenvalue weighted by atomic mass is 16.2. The van der Waals surface area contributed by atoms with Gasteiger partial charge in [-0.25, -0.2) is 4.98 Å². The summed E-state index contributed by atoms with van der Waals surface area (Å²) in [4.78, 5) is 28.5. The molecule has 134 valence electrons. The van der Waals surface area contributed by atoms with Crippen molar-refractivity contribution in [3.63, 3.8) is 0 Å². The number of nitrogens with zero attached hydrogens (tertiary/aromatic N) is 2. The number of imidazole rings is 1. The van der Waals surface area contributed by atoms with Crippen LogP contribution >= 0.6 is 0 Å². The van der Waals surface area contributed by atoms with E-state index in [4.69, 9.17) is 5.73 Å². The number of carbonyl (C=O) groups is 2. The zero-order chi connectivity index (χ0) is 18.2. The summed E-state index contributed by atoms with van der Waals surface area (Å²) in [5.74, 6) is -0.713. The van der Waals surface area contributed by atoms with Gasteiger partial charge in [0.25, 0.3) is 0 Å². The SMILES string of the molecule is CC(C)C[C@@H](NC(=O)C(Cc1ccccc1)Cn1ccnc1)C(N)=O. The van der Waals surface area contributed by atoms with E-state index in [-0.39, 0.29) is 17.7 Å². The smallest absolute Gasteiger partial charge is 0.240 e. The zero-order valence-corrected chi connectivity index (χ0v) is 14.8. The summed E-state index contributed by atoms with van der Waals surface area (Å²) in [6, 6.07) is 9.19. The Morgan fingerprint density at radius 3 is 2.52 bits per heavy atom. The predicted octanol–water partition coefficient (Wildman–Crippen LogP) is 1.76. The molecule has 0 bridgehead atoms. The third kappa shape index (κ3) is 6.06. The Balaban J connectivity index is 2.12. The lowest BCUT2D eigenvalue weighted by atomic mass is 9.96. The van der Waals surface area contributed by atoms with Gasteiger partial charge in [-0.1, -0.05) is 44.2 Å². The maximum Gasteiger partial charge on any atom is 0.240 e. The van der Waals surface area contributed by atoms with E-state index in [1.54, 1.807) is 12.5 Å². The molecule has 0 saturated heterocycles. The van der Waals surface area contributed by atoms with Crippen molar-refractivity contribution < 1.29 is 9.59 Å². The number of nitrogens with two attached hydrogens (primary N) is 1. The topological polar surface area (TPSA) is 90.0 Å². The average molecular weight is 342 g/mol. The lowest BCUT2D eigenvalue weighted by Crippen LogP contribution is -2.48. The molecule has 0 spiro atoms. The Hall–Kier alpha value is -2.63. The van der Waals surface area contributed by atoms with Gasteiger partial charge in [-0.3, -0.25) is 9.59 Å². The quantitative estimate of drug-likeness (QED) is 0.727. The second-order valence-corrected chi connectivity index (χ2v) is 6.74. The monoisotopic (exact) mass is 342 g/mol. The summed E-state index contributed by atoms with van der Waals surface area (Å²) >= 11 is 0. The van der Waals surface area contributed by atoms with Crippen LogP contribution in [0.15, 0.2) is 49.1 Å². The molecule has 1 heterocycles. The molecule has 1 aromatic carbocycles. The Morgan fingerprint density at radius 2 is 1.96 bits per heavy atom. The fourth-order valence-corrected chi connectivity index (χ4v) is 2.80. The van der Waals surface area contributed by atoms with E-state index in [2.05, 4.69) is 10.3 Å². The summed E-state index contributed by atoms with van der Waals surface area (Å²) in [5, 5.41) is 2.83. The van der Waals surface area contributed by atoms with Gasteiger partial charge >= 0.3 is 0 Å². The van der Waals surface area contributed by atoms with Gasteiger partial charge in [-0.2, -0.15) is 0 Å².